The molecule has 2 atom stereocenters. The van der Waals surface area contributed by atoms with Crippen LogP contribution in [-0.2, 0) is 12.8 Å². The van der Waals surface area contributed by atoms with Gasteiger partial charge in [0.2, 0.25) is 0 Å². The van der Waals surface area contributed by atoms with Gasteiger partial charge in [0.05, 0.1) is 12.2 Å². The average molecular weight is 395 g/mol. The smallest absolute Gasteiger partial charge is 0.120 e. The van der Waals surface area contributed by atoms with Crippen molar-refractivity contribution in [1.82, 2.24) is 10.2 Å². The van der Waals surface area contributed by atoms with Crippen molar-refractivity contribution in [2.75, 3.05) is 0 Å². The molecule has 0 aliphatic carbocycles. The summed E-state index contributed by atoms with van der Waals surface area (Å²) in [6.07, 6.45) is -0.592. The van der Waals surface area contributed by atoms with Crippen molar-refractivity contribution in [3.63, 3.8) is 0 Å². The minimum Gasteiger partial charge on any atom is -0.388 e. The quantitative estimate of drug-likeness (QED) is 0.650. The Labute approximate surface area is 159 Å². The number of benzene rings is 2. The number of aliphatic hydroxyl groups excluding tert-OH is 2. The fourth-order valence-corrected chi connectivity index (χ4v) is 3.56. The van der Waals surface area contributed by atoms with Gasteiger partial charge < -0.3 is 10.2 Å². The van der Waals surface area contributed by atoms with Crippen molar-refractivity contribution >= 4 is 34.5 Å². The predicted molar refractivity (Wildman–Crippen MR) is 100 cm³/mol. The highest BCUT2D eigenvalue weighted by Crippen LogP contribution is 2.25. The summed E-state index contributed by atoms with van der Waals surface area (Å²) in [7, 11) is 0. The molecular formula is C18H16Cl2N2O2S. The monoisotopic (exact) mass is 394 g/mol. The van der Waals surface area contributed by atoms with E-state index in [4.69, 9.17) is 23.2 Å². The van der Waals surface area contributed by atoms with Crippen LogP contribution in [0.3, 0.4) is 0 Å². The standard InChI is InChI=1S/C18H16Cl2N2O2S/c19-13-5-1-11(2-6-13)15(23)9-17-21-22-18(25-17)10-16(24)12-3-7-14(20)8-4-12/h1-8,15-16,23-24H,9-10H2. The Morgan fingerprint density at radius 3 is 1.44 bits per heavy atom. The molecule has 2 aromatic carbocycles. The molecule has 3 rings (SSSR count). The maximum absolute atomic E-state index is 10.3. The summed E-state index contributed by atoms with van der Waals surface area (Å²) in [6, 6.07) is 14.1. The molecule has 1 aromatic heterocycles. The number of hydrogen-bond donors (Lipinski definition) is 2. The van der Waals surface area contributed by atoms with E-state index in [1.807, 2.05) is 0 Å². The number of aromatic nitrogens is 2. The molecule has 0 spiro atoms. The van der Waals surface area contributed by atoms with E-state index < -0.39 is 12.2 Å². The van der Waals surface area contributed by atoms with Crippen molar-refractivity contribution in [2.24, 2.45) is 0 Å². The van der Waals surface area contributed by atoms with Crippen LogP contribution >= 0.6 is 34.5 Å². The number of aliphatic hydroxyl groups is 2. The molecule has 4 nitrogen and oxygen atoms in total. The highest BCUT2D eigenvalue weighted by molar-refractivity contribution is 7.11. The zero-order valence-electron chi connectivity index (χ0n) is 13.1. The molecule has 2 N–H and O–H groups in total. The largest absolute Gasteiger partial charge is 0.388 e. The average Bonchev–Trinajstić information content (AvgIpc) is 3.02. The lowest BCUT2D eigenvalue weighted by Gasteiger charge is -2.09. The number of rotatable bonds is 6. The fourth-order valence-electron chi connectivity index (χ4n) is 2.39. The molecular weight excluding hydrogens is 379 g/mol. The number of halogens is 2. The Balaban J connectivity index is 1.62. The Hall–Kier alpha value is -1.50. The van der Waals surface area contributed by atoms with E-state index in [-0.39, 0.29) is 0 Å². The van der Waals surface area contributed by atoms with Gasteiger partial charge in [0, 0.05) is 22.9 Å². The molecule has 0 amide bonds. The normalized spacial score (nSPS) is 13.6. The molecule has 0 aliphatic heterocycles. The highest BCUT2D eigenvalue weighted by atomic mass is 35.5. The summed E-state index contributed by atoms with van der Waals surface area (Å²) in [4.78, 5) is 0. The maximum Gasteiger partial charge on any atom is 0.120 e. The molecule has 0 fully saturated rings. The van der Waals surface area contributed by atoms with E-state index >= 15 is 0 Å². The zero-order valence-corrected chi connectivity index (χ0v) is 15.5. The summed E-state index contributed by atoms with van der Waals surface area (Å²) in [5.41, 5.74) is 1.56. The van der Waals surface area contributed by atoms with E-state index in [9.17, 15) is 10.2 Å². The predicted octanol–water partition coefficient (Wildman–Crippen LogP) is 4.40. The third kappa shape index (κ3) is 5.00. The molecule has 0 saturated heterocycles. The Kier molecular flexibility index (Phi) is 6.04. The van der Waals surface area contributed by atoms with Gasteiger partial charge in [0.25, 0.3) is 0 Å². The summed E-state index contributed by atoms with van der Waals surface area (Å²) >= 11 is 13.1. The van der Waals surface area contributed by atoms with Crippen LogP contribution < -0.4 is 0 Å². The minimum absolute atomic E-state index is 0.371. The first kappa shape index (κ1) is 18.3. The van der Waals surface area contributed by atoms with Crippen LogP contribution in [0.2, 0.25) is 10.0 Å². The van der Waals surface area contributed by atoms with Crippen LogP contribution in [0.4, 0.5) is 0 Å². The van der Waals surface area contributed by atoms with Crippen molar-refractivity contribution in [2.45, 2.75) is 25.0 Å². The molecule has 25 heavy (non-hydrogen) atoms. The Bertz CT molecular complexity index is 754. The summed E-state index contributed by atoms with van der Waals surface area (Å²) in [6.45, 7) is 0. The molecule has 1 heterocycles. The first-order valence-electron chi connectivity index (χ1n) is 7.69. The molecule has 0 aliphatic rings. The summed E-state index contributed by atoms with van der Waals surface area (Å²) in [5, 5.41) is 31.5. The first-order valence-corrected chi connectivity index (χ1v) is 9.27. The molecule has 2 unspecified atom stereocenters. The molecule has 130 valence electrons. The lowest BCUT2D eigenvalue weighted by molar-refractivity contribution is 0.177. The second-order valence-corrected chi connectivity index (χ2v) is 7.65. The van der Waals surface area contributed by atoms with Crippen molar-refractivity contribution in [3.05, 3.63) is 79.7 Å². The van der Waals surface area contributed by atoms with Gasteiger partial charge in [-0.15, -0.1) is 21.5 Å². The van der Waals surface area contributed by atoms with Crippen LogP contribution in [0, 0.1) is 0 Å². The van der Waals surface area contributed by atoms with Gasteiger partial charge in [-0.05, 0) is 35.4 Å². The van der Waals surface area contributed by atoms with Gasteiger partial charge >= 0.3 is 0 Å². The molecule has 0 saturated carbocycles. The lowest BCUT2D eigenvalue weighted by Crippen LogP contribution is -2.01. The van der Waals surface area contributed by atoms with E-state index in [1.165, 1.54) is 11.3 Å². The number of hydrogen-bond acceptors (Lipinski definition) is 5. The van der Waals surface area contributed by atoms with Crippen LogP contribution in [0.1, 0.15) is 33.4 Å². The van der Waals surface area contributed by atoms with Crippen molar-refractivity contribution < 1.29 is 10.2 Å². The Morgan fingerprint density at radius 2 is 1.08 bits per heavy atom. The molecule has 7 heteroatoms. The van der Waals surface area contributed by atoms with Gasteiger partial charge in [-0.3, -0.25) is 0 Å². The van der Waals surface area contributed by atoms with Gasteiger partial charge in [-0.1, -0.05) is 47.5 Å². The maximum atomic E-state index is 10.3. The van der Waals surface area contributed by atoms with Crippen molar-refractivity contribution in [3.8, 4) is 0 Å². The van der Waals surface area contributed by atoms with Gasteiger partial charge in [0.1, 0.15) is 10.0 Å². The van der Waals surface area contributed by atoms with Gasteiger partial charge in [-0.25, -0.2) is 0 Å². The summed E-state index contributed by atoms with van der Waals surface area (Å²) in [5.74, 6) is 0. The third-order valence-electron chi connectivity index (χ3n) is 3.75. The first-order chi connectivity index (χ1) is 12.0. The zero-order chi connectivity index (χ0) is 17.8. The van der Waals surface area contributed by atoms with Crippen LogP contribution in [0.25, 0.3) is 0 Å². The minimum atomic E-state index is -0.667. The van der Waals surface area contributed by atoms with E-state index in [1.54, 1.807) is 48.5 Å². The van der Waals surface area contributed by atoms with Crippen LogP contribution in [-0.4, -0.2) is 20.4 Å². The Morgan fingerprint density at radius 1 is 0.720 bits per heavy atom. The second kappa shape index (κ2) is 8.25. The van der Waals surface area contributed by atoms with Crippen molar-refractivity contribution in [1.29, 1.82) is 0 Å². The molecule has 0 bridgehead atoms. The van der Waals surface area contributed by atoms with Gasteiger partial charge in [-0.2, -0.15) is 0 Å². The SMILES string of the molecule is OC(Cc1nnc(CC(O)c2ccc(Cl)cc2)s1)c1ccc(Cl)cc1. The lowest BCUT2D eigenvalue weighted by atomic mass is 10.1. The second-order valence-electron chi connectivity index (χ2n) is 5.63. The van der Waals surface area contributed by atoms with E-state index in [0.717, 1.165) is 21.1 Å². The topological polar surface area (TPSA) is 66.2 Å². The fraction of sp³-hybridized carbons (Fsp3) is 0.222. The molecule has 0 radical (unpaired) electrons. The van der Waals surface area contributed by atoms with Gasteiger partial charge in [0.15, 0.2) is 0 Å². The summed E-state index contributed by atoms with van der Waals surface area (Å²) < 4.78 is 0. The highest BCUT2D eigenvalue weighted by Gasteiger charge is 2.15. The third-order valence-corrected chi connectivity index (χ3v) is 5.23. The number of nitrogens with zero attached hydrogens (tertiary/aromatic N) is 2. The van der Waals surface area contributed by atoms with E-state index in [0.29, 0.717) is 22.9 Å². The van der Waals surface area contributed by atoms with Crippen LogP contribution in [0.5, 0.6) is 0 Å². The van der Waals surface area contributed by atoms with E-state index in [2.05, 4.69) is 10.2 Å². The van der Waals surface area contributed by atoms with Crippen LogP contribution in [0.15, 0.2) is 48.5 Å². The molecule has 3 aromatic rings.